The van der Waals surface area contributed by atoms with Crippen LogP contribution in [0.3, 0.4) is 0 Å². The van der Waals surface area contributed by atoms with Crippen molar-refractivity contribution in [2.24, 2.45) is 5.92 Å². The van der Waals surface area contributed by atoms with Gasteiger partial charge < -0.3 is 10.1 Å². The molecule has 0 bridgehead atoms. The minimum atomic E-state index is -0.426. The van der Waals surface area contributed by atoms with Gasteiger partial charge in [-0.1, -0.05) is 19.9 Å². The highest BCUT2D eigenvalue weighted by atomic mass is 16.6. The predicted molar refractivity (Wildman–Crippen MR) is 66.2 cm³/mol. The van der Waals surface area contributed by atoms with Crippen molar-refractivity contribution in [1.29, 1.82) is 0 Å². The van der Waals surface area contributed by atoms with Gasteiger partial charge in [0.2, 0.25) is 0 Å². The first kappa shape index (κ1) is 13.4. The van der Waals surface area contributed by atoms with Crippen molar-refractivity contribution in [3.8, 4) is 5.75 Å². The molecule has 0 aliphatic heterocycles. The van der Waals surface area contributed by atoms with E-state index in [1.807, 2.05) is 6.07 Å². The summed E-state index contributed by atoms with van der Waals surface area (Å²) in [5.74, 6) is 0.853. The third-order valence-corrected chi connectivity index (χ3v) is 2.32. The number of benzene rings is 1. The van der Waals surface area contributed by atoms with E-state index in [-0.39, 0.29) is 5.69 Å². The summed E-state index contributed by atoms with van der Waals surface area (Å²) in [5, 5.41) is 14.1. The number of hydrogen-bond donors (Lipinski definition) is 1. The van der Waals surface area contributed by atoms with Crippen molar-refractivity contribution in [3.63, 3.8) is 0 Å². The van der Waals surface area contributed by atoms with Gasteiger partial charge in [0, 0.05) is 12.6 Å². The van der Waals surface area contributed by atoms with Crippen molar-refractivity contribution in [1.82, 2.24) is 5.32 Å². The largest absolute Gasteiger partial charge is 0.490 e. The number of ether oxygens (including phenoxy) is 1. The maximum atomic E-state index is 10.8. The molecule has 94 valence electrons. The molecule has 0 spiro atoms. The second-order valence-electron chi connectivity index (χ2n) is 4.29. The first-order chi connectivity index (χ1) is 8.04. The van der Waals surface area contributed by atoms with Crippen LogP contribution in [0.1, 0.15) is 19.4 Å². The van der Waals surface area contributed by atoms with E-state index in [9.17, 15) is 10.1 Å². The van der Waals surface area contributed by atoms with Crippen LogP contribution < -0.4 is 10.1 Å². The monoisotopic (exact) mass is 238 g/mol. The van der Waals surface area contributed by atoms with Crippen LogP contribution in [0.25, 0.3) is 0 Å². The number of nitro groups is 1. The molecule has 0 amide bonds. The number of nitrogens with zero attached hydrogens (tertiary/aromatic N) is 1. The summed E-state index contributed by atoms with van der Waals surface area (Å²) in [4.78, 5) is 10.4. The second-order valence-corrected chi connectivity index (χ2v) is 4.29. The highest BCUT2D eigenvalue weighted by Gasteiger charge is 2.14. The average Bonchev–Trinajstić information content (AvgIpc) is 2.28. The zero-order valence-corrected chi connectivity index (χ0v) is 10.4. The number of rotatable bonds is 6. The Morgan fingerprint density at radius 2 is 2.18 bits per heavy atom. The summed E-state index contributed by atoms with van der Waals surface area (Å²) >= 11 is 0. The minimum Gasteiger partial charge on any atom is -0.490 e. The average molecular weight is 238 g/mol. The molecule has 1 aromatic rings. The van der Waals surface area contributed by atoms with Crippen LogP contribution in [0.2, 0.25) is 0 Å². The molecule has 0 fully saturated rings. The fourth-order valence-corrected chi connectivity index (χ4v) is 1.49. The Bertz CT molecular complexity index is 391. The van der Waals surface area contributed by atoms with Gasteiger partial charge in [0.15, 0.2) is 5.75 Å². The molecule has 0 heterocycles. The fraction of sp³-hybridized carbons (Fsp3) is 0.500. The molecule has 0 saturated carbocycles. The Morgan fingerprint density at radius 3 is 2.71 bits per heavy atom. The van der Waals surface area contributed by atoms with E-state index < -0.39 is 4.92 Å². The standard InChI is InChI=1S/C12H18N2O3/c1-9(2)7-13-8-10-4-5-12(17-3)11(6-10)14(15)16/h4-6,9,13H,7-8H2,1-3H3. The molecule has 0 aliphatic carbocycles. The number of nitrogens with one attached hydrogen (secondary N) is 1. The van der Waals surface area contributed by atoms with Gasteiger partial charge in [0.1, 0.15) is 0 Å². The van der Waals surface area contributed by atoms with E-state index in [4.69, 9.17) is 4.74 Å². The van der Waals surface area contributed by atoms with Gasteiger partial charge >= 0.3 is 5.69 Å². The van der Waals surface area contributed by atoms with Gasteiger partial charge in [-0.25, -0.2) is 0 Å². The quantitative estimate of drug-likeness (QED) is 0.610. The number of methoxy groups -OCH3 is 1. The lowest BCUT2D eigenvalue weighted by molar-refractivity contribution is -0.385. The Labute approximate surface area is 101 Å². The SMILES string of the molecule is COc1ccc(CNCC(C)C)cc1[N+](=O)[O-]. The number of hydrogen-bond acceptors (Lipinski definition) is 4. The third-order valence-electron chi connectivity index (χ3n) is 2.32. The minimum absolute atomic E-state index is 0.0105. The summed E-state index contributed by atoms with van der Waals surface area (Å²) < 4.78 is 4.94. The van der Waals surface area contributed by atoms with E-state index in [0.29, 0.717) is 18.2 Å². The smallest absolute Gasteiger partial charge is 0.311 e. The van der Waals surface area contributed by atoms with Crippen molar-refractivity contribution in [2.75, 3.05) is 13.7 Å². The van der Waals surface area contributed by atoms with E-state index in [2.05, 4.69) is 19.2 Å². The topological polar surface area (TPSA) is 64.4 Å². The molecule has 1 aromatic carbocycles. The molecule has 0 atom stereocenters. The van der Waals surface area contributed by atoms with E-state index in [0.717, 1.165) is 12.1 Å². The highest BCUT2D eigenvalue weighted by molar-refractivity contribution is 5.48. The van der Waals surface area contributed by atoms with Crippen LogP contribution in [0, 0.1) is 16.0 Å². The highest BCUT2D eigenvalue weighted by Crippen LogP contribution is 2.27. The molecular formula is C12H18N2O3. The summed E-state index contributed by atoms with van der Waals surface area (Å²) in [6, 6.07) is 5.01. The van der Waals surface area contributed by atoms with Crippen molar-refractivity contribution in [2.45, 2.75) is 20.4 Å². The molecule has 0 saturated heterocycles. The fourth-order valence-electron chi connectivity index (χ4n) is 1.49. The molecule has 5 nitrogen and oxygen atoms in total. The molecule has 5 heteroatoms. The molecule has 1 N–H and O–H groups in total. The summed E-state index contributed by atoms with van der Waals surface area (Å²) in [6.45, 7) is 5.75. The lowest BCUT2D eigenvalue weighted by Gasteiger charge is -2.08. The van der Waals surface area contributed by atoms with E-state index in [1.54, 1.807) is 12.1 Å². The molecule has 0 radical (unpaired) electrons. The molecule has 0 unspecified atom stereocenters. The van der Waals surface area contributed by atoms with Crippen LogP contribution in [0.5, 0.6) is 5.75 Å². The van der Waals surface area contributed by atoms with Crippen LogP contribution >= 0.6 is 0 Å². The first-order valence-corrected chi connectivity index (χ1v) is 5.56. The van der Waals surface area contributed by atoms with Gasteiger partial charge in [0.25, 0.3) is 0 Å². The normalized spacial score (nSPS) is 10.6. The third kappa shape index (κ3) is 4.03. The molecule has 0 aromatic heterocycles. The summed E-state index contributed by atoms with van der Waals surface area (Å²) in [7, 11) is 1.43. The van der Waals surface area contributed by atoms with Gasteiger partial charge in [-0.3, -0.25) is 10.1 Å². The predicted octanol–water partition coefficient (Wildman–Crippen LogP) is 2.35. The van der Waals surface area contributed by atoms with Crippen molar-refractivity contribution in [3.05, 3.63) is 33.9 Å². The number of nitro benzene ring substituents is 1. The Balaban J connectivity index is 2.74. The van der Waals surface area contributed by atoms with Gasteiger partial charge in [0.05, 0.1) is 12.0 Å². The molecule has 17 heavy (non-hydrogen) atoms. The van der Waals surface area contributed by atoms with E-state index in [1.165, 1.54) is 7.11 Å². The lowest BCUT2D eigenvalue weighted by Crippen LogP contribution is -2.18. The van der Waals surface area contributed by atoms with Crippen LogP contribution in [-0.4, -0.2) is 18.6 Å². The van der Waals surface area contributed by atoms with Gasteiger partial charge in [-0.2, -0.15) is 0 Å². The molecule has 0 aliphatic rings. The summed E-state index contributed by atoms with van der Waals surface area (Å²) in [6.07, 6.45) is 0. The zero-order valence-electron chi connectivity index (χ0n) is 10.4. The van der Waals surface area contributed by atoms with Gasteiger partial charge in [-0.05, 0) is 24.1 Å². The Morgan fingerprint density at radius 1 is 1.47 bits per heavy atom. The van der Waals surface area contributed by atoms with Crippen LogP contribution in [-0.2, 0) is 6.54 Å². The summed E-state index contributed by atoms with van der Waals surface area (Å²) in [5.41, 5.74) is 0.898. The van der Waals surface area contributed by atoms with Crippen LogP contribution in [0.15, 0.2) is 18.2 Å². The van der Waals surface area contributed by atoms with Crippen LogP contribution in [0.4, 0.5) is 5.69 Å². The molecule has 1 rings (SSSR count). The molecular weight excluding hydrogens is 220 g/mol. The van der Waals surface area contributed by atoms with E-state index >= 15 is 0 Å². The Kier molecular flexibility index (Phi) is 4.90. The second kappa shape index (κ2) is 6.20. The van der Waals surface area contributed by atoms with Gasteiger partial charge in [-0.15, -0.1) is 0 Å². The van der Waals surface area contributed by atoms with Crippen molar-refractivity contribution >= 4 is 5.69 Å². The Hall–Kier alpha value is -1.62. The lowest BCUT2D eigenvalue weighted by atomic mass is 10.1. The first-order valence-electron chi connectivity index (χ1n) is 5.56. The maximum Gasteiger partial charge on any atom is 0.311 e. The maximum absolute atomic E-state index is 10.8. The zero-order chi connectivity index (χ0) is 12.8. The van der Waals surface area contributed by atoms with Crippen molar-refractivity contribution < 1.29 is 9.66 Å².